The van der Waals surface area contributed by atoms with Crippen LogP contribution >= 0.6 is 11.6 Å². The summed E-state index contributed by atoms with van der Waals surface area (Å²) < 4.78 is 12.2. The molecular formula is C18H16ClN3O3. The molecule has 0 saturated carbocycles. The van der Waals surface area contributed by atoms with Crippen molar-refractivity contribution < 1.29 is 14.3 Å². The first-order valence-electron chi connectivity index (χ1n) is 7.54. The van der Waals surface area contributed by atoms with E-state index in [1.807, 2.05) is 19.1 Å². The Balaban J connectivity index is 1.92. The number of nitrogens with zero attached hydrogens (tertiary/aromatic N) is 3. The Hall–Kier alpha value is -2.86. The minimum Gasteiger partial charge on any atom is -0.494 e. The molecule has 0 aliphatic rings. The lowest BCUT2D eigenvalue weighted by molar-refractivity contribution is 0.0727. The van der Waals surface area contributed by atoms with E-state index in [4.69, 9.17) is 21.1 Å². The summed E-state index contributed by atoms with van der Waals surface area (Å²) in [5, 5.41) is 8.51. The van der Waals surface area contributed by atoms with Crippen LogP contribution in [0.15, 0.2) is 42.5 Å². The lowest BCUT2D eigenvalue weighted by Gasteiger charge is -2.10. The summed E-state index contributed by atoms with van der Waals surface area (Å²) >= 11 is 6.06. The molecule has 25 heavy (non-hydrogen) atoms. The van der Waals surface area contributed by atoms with Gasteiger partial charge in [0, 0.05) is 5.02 Å². The second-order valence-electron chi connectivity index (χ2n) is 5.45. The second-order valence-corrected chi connectivity index (χ2v) is 5.89. The molecule has 1 aromatic heterocycles. The maximum atomic E-state index is 12.4. The Morgan fingerprint density at radius 3 is 2.52 bits per heavy atom. The Morgan fingerprint density at radius 2 is 1.84 bits per heavy atom. The predicted octanol–water partition coefficient (Wildman–Crippen LogP) is 3.77. The number of aryl methyl sites for hydroxylation is 1. The maximum absolute atomic E-state index is 12.4. The predicted molar refractivity (Wildman–Crippen MR) is 93.8 cm³/mol. The summed E-state index contributed by atoms with van der Waals surface area (Å²) in [6, 6.07) is 12.3. The highest BCUT2D eigenvalue weighted by molar-refractivity contribution is 6.30. The first kappa shape index (κ1) is 17.0. The van der Waals surface area contributed by atoms with Crippen molar-refractivity contribution in [3.05, 3.63) is 64.4 Å². The summed E-state index contributed by atoms with van der Waals surface area (Å²) in [6.45, 7) is 3.69. The summed E-state index contributed by atoms with van der Waals surface area (Å²) in [5.74, 6) is 0.439. The van der Waals surface area contributed by atoms with Crippen LogP contribution in [0.25, 0.3) is 5.69 Å². The normalized spacial score (nSPS) is 10.6. The summed E-state index contributed by atoms with van der Waals surface area (Å²) in [6.07, 6.45) is 0. The third kappa shape index (κ3) is 3.49. The minimum absolute atomic E-state index is 0.127. The van der Waals surface area contributed by atoms with Crippen LogP contribution in [-0.2, 0) is 0 Å². The minimum atomic E-state index is -0.575. The number of benzene rings is 2. The van der Waals surface area contributed by atoms with Crippen LogP contribution < -0.4 is 9.47 Å². The average molecular weight is 358 g/mol. The number of aromatic nitrogens is 3. The first-order chi connectivity index (χ1) is 12.0. The molecule has 128 valence electrons. The van der Waals surface area contributed by atoms with Crippen molar-refractivity contribution in [1.29, 1.82) is 0 Å². The number of ether oxygens (including phenoxy) is 2. The zero-order valence-corrected chi connectivity index (χ0v) is 14.7. The number of rotatable bonds is 4. The van der Waals surface area contributed by atoms with Gasteiger partial charge in [0.1, 0.15) is 17.2 Å². The van der Waals surface area contributed by atoms with Crippen molar-refractivity contribution in [3.63, 3.8) is 0 Å². The average Bonchev–Trinajstić information content (AvgIpc) is 2.98. The van der Waals surface area contributed by atoms with E-state index in [1.165, 1.54) is 4.68 Å². The van der Waals surface area contributed by atoms with Crippen LogP contribution in [0.2, 0.25) is 5.02 Å². The number of hydrogen-bond acceptors (Lipinski definition) is 5. The van der Waals surface area contributed by atoms with Gasteiger partial charge in [-0.3, -0.25) is 0 Å². The van der Waals surface area contributed by atoms with Gasteiger partial charge in [-0.2, -0.15) is 0 Å². The van der Waals surface area contributed by atoms with Gasteiger partial charge >= 0.3 is 5.97 Å². The van der Waals surface area contributed by atoms with Crippen molar-refractivity contribution in [2.24, 2.45) is 0 Å². The molecule has 3 rings (SSSR count). The molecule has 7 heteroatoms. The Morgan fingerprint density at radius 1 is 1.12 bits per heavy atom. The molecule has 0 N–H and O–H groups in total. The number of hydrogen-bond donors (Lipinski definition) is 0. The molecule has 0 fully saturated rings. The third-order valence-electron chi connectivity index (χ3n) is 3.69. The van der Waals surface area contributed by atoms with Gasteiger partial charge in [-0.05, 0) is 44.2 Å². The third-order valence-corrected chi connectivity index (χ3v) is 3.92. The molecule has 0 unspecified atom stereocenters. The zero-order valence-electron chi connectivity index (χ0n) is 14.0. The van der Waals surface area contributed by atoms with Gasteiger partial charge in [-0.25, -0.2) is 9.48 Å². The molecule has 3 aromatic rings. The fourth-order valence-electron chi connectivity index (χ4n) is 2.34. The van der Waals surface area contributed by atoms with E-state index >= 15 is 0 Å². The summed E-state index contributed by atoms with van der Waals surface area (Å²) in [4.78, 5) is 12.4. The molecule has 6 nitrogen and oxygen atoms in total. The standard InChI is InChI=1S/C18H16ClN3O3/c1-11-4-7-14(8-5-11)25-18(23)17-12(2)22(21-20-17)15-10-13(19)6-9-16(15)24-3/h4-10H,1-3H3. The van der Waals surface area contributed by atoms with Crippen molar-refractivity contribution in [2.45, 2.75) is 13.8 Å². The molecule has 0 saturated heterocycles. The maximum Gasteiger partial charge on any atom is 0.366 e. The number of carbonyl (C=O) groups excluding carboxylic acids is 1. The van der Waals surface area contributed by atoms with Crippen molar-refractivity contribution in [1.82, 2.24) is 15.0 Å². The summed E-state index contributed by atoms with van der Waals surface area (Å²) in [7, 11) is 1.55. The van der Waals surface area contributed by atoms with E-state index in [0.717, 1.165) is 5.56 Å². The zero-order chi connectivity index (χ0) is 18.0. The van der Waals surface area contributed by atoms with Crippen LogP contribution in [0, 0.1) is 13.8 Å². The monoisotopic (exact) mass is 357 g/mol. The molecular weight excluding hydrogens is 342 g/mol. The molecule has 0 bridgehead atoms. The van der Waals surface area contributed by atoms with Crippen LogP contribution in [0.5, 0.6) is 11.5 Å². The second kappa shape index (κ2) is 6.94. The Labute approximate surface area is 149 Å². The lowest BCUT2D eigenvalue weighted by Crippen LogP contribution is -2.11. The van der Waals surface area contributed by atoms with Crippen LogP contribution in [0.1, 0.15) is 21.7 Å². The highest BCUT2D eigenvalue weighted by Crippen LogP contribution is 2.27. The van der Waals surface area contributed by atoms with Crippen molar-refractivity contribution >= 4 is 17.6 Å². The van der Waals surface area contributed by atoms with Gasteiger partial charge in [0.15, 0.2) is 5.69 Å². The highest BCUT2D eigenvalue weighted by Gasteiger charge is 2.21. The van der Waals surface area contributed by atoms with Gasteiger partial charge in [0.2, 0.25) is 0 Å². The molecule has 0 spiro atoms. The lowest BCUT2D eigenvalue weighted by atomic mass is 10.2. The largest absolute Gasteiger partial charge is 0.494 e. The van der Waals surface area contributed by atoms with Crippen LogP contribution in [0.4, 0.5) is 0 Å². The van der Waals surface area contributed by atoms with Crippen molar-refractivity contribution in [2.75, 3.05) is 7.11 Å². The summed E-state index contributed by atoms with van der Waals surface area (Å²) in [5.41, 5.74) is 2.32. The quantitative estimate of drug-likeness (QED) is 0.525. The fourth-order valence-corrected chi connectivity index (χ4v) is 2.50. The molecule has 0 amide bonds. The van der Waals surface area contributed by atoms with Crippen molar-refractivity contribution in [3.8, 4) is 17.2 Å². The molecule has 0 aliphatic heterocycles. The molecule has 0 radical (unpaired) electrons. The van der Waals surface area contributed by atoms with E-state index in [-0.39, 0.29) is 5.69 Å². The molecule has 1 heterocycles. The van der Waals surface area contributed by atoms with Crippen LogP contribution in [0.3, 0.4) is 0 Å². The number of carbonyl (C=O) groups is 1. The topological polar surface area (TPSA) is 66.2 Å². The van der Waals surface area contributed by atoms with E-state index in [1.54, 1.807) is 44.4 Å². The van der Waals surface area contributed by atoms with E-state index in [2.05, 4.69) is 10.3 Å². The Kier molecular flexibility index (Phi) is 4.72. The highest BCUT2D eigenvalue weighted by atomic mass is 35.5. The Bertz CT molecular complexity index is 920. The number of methoxy groups -OCH3 is 1. The van der Waals surface area contributed by atoms with E-state index in [0.29, 0.717) is 27.9 Å². The van der Waals surface area contributed by atoms with Gasteiger partial charge in [-0.1, -0.05) is 34.5 Å². The van der Waals surface area contributed by atoms with Gasteiger partial charge in [-0.15, -0.1) is 5.10 Å². The fraction of sp³-hybridized carbons (Fsp3) is 0.167. The van der Waals surface area contributed by atoms with Gasteiger partial charge in [0.25, 0.3) is 0 Å². The smallest absolute Gasteiger partial charge is 0.366 e. The van der Waals surface area contributed by atoms with E-state index < -0.39 is 5.97 Å². The molecule has 2 aromatic carbocycles. The van der Waals surface area contributed by atoms with Gasteiger partial charge < -0.3 is 9.47 Å². The molecule has 0 atom stereocenters. The SMILES string of the molecule is COc1ccc(Cl)cc1-n1nnc(C(=O)Oc2ccc(C)cc2)c1C. The first-order valence-corrected chi connectivity index (χ1v) is 7.92. The van der Waals surface area contributed by atoms with Gasteiger partial charge in [0.05, 0.1) is 12.8 Å². The number of halogens is 1. The van der Waals surface area contributed by atoms with E-state index in [9.17, 15) is 4.79 Å². The number of esters is 1. The molecule has 0 aliphatic carbocycles. The van der Waals surface area contributed by atoms with Crippen LogP contribution in [-0.4, -0.2) is 28.1 Å².